The van der Waals surface area contributed by atoms with Crippen LogP contribution < -0.4 is 5.73 Å². The van der Waals surface area contributed by atoms with Crippen molar-refractivity contribution < 1.29 is 9.18 Å². The molecule has 4 nitrogen and oxygen atoms in total. The molecular formula is C15H18FN3OS. The van der Waals surface area contributed by atoms with Gasteiger partial charge in [-0.05, 0) is 30.2 Å². The number of hydrogen-bond donors (Lipinski definition) is 1. The molecule has 1 amide bonds. The molecule has 0 radical (unpaired) electrons. The summed E-state index contributed by atoms with van der Waals surface area (Å²) in [5, 5.41) is 0. The Hall–Kier alpha value is -1.53. The molecule has 0 aromatic heterocycles. The summed E-state index contributed by atoms with van der Waals surface area (Å²) < 4.78 is 13.5. The predicted molar refractivity (Wildman–Crippen MR) is 82.3 cm³/mol. The molecule has 1 aromatic carbocycles. The summed E-state index contributed by atoms with van der Waals surface area (Å²) >= 11 is 5.03. The Kier molecular flexibility index (Phi) is 3.91. The van der Waals surface area contributed by atoms with Crippen molar-refractivity contribution in [3.63, 3.8) is 0 Å². The molecule has 1 unspecified atom stereocenters. The number of benzene rings is 1. The van der Waals surface area contributed by atoms with Crippen LogP contribution in [0.5, 0.6) is 0 Å². The van der Waals surface area contributed by atoms with Gasteiger partial charge in [0.15, 0.2) is 0 Å². The fourth-order valence-corrected chi connectivity index (χ4v) is 3.45. The SMILES string of the molecule is NC(=S)c1ccc(F)cc1CN1CCN2C(=O)CCC2C1. The van der Waals surface area contributed by atoms with Crippen LogP contribution in [0.15, 0.2) is 18.2 Å². The van der Waals surface area contributed by atoms with E-state index in [-0.39, 0.29) is 11.7 Å². The number of thiocarbonyl (C=S) groups is 1. The van der Waals surface area contributed by atoms with Crippen LogP contribution in [-0.2, 0) is 11.3 Å². The number of nitrogens with zero attached hydrogens (tertiary/aromatic N) is 2. The second-order valence-electron chi connectivity index (χ2n) is 5.68. The molecule has 1 aromatic rings. The first-order valence-corrected chi connectivity index (χ1v) is 7.55. The van der Waals surface area contributed by atoms with Gasteiger partial charge in [-0.25, -0.2) is 4.39 Å². The molecule has 2 saturated heterocycles. The van der Waals surface area contributed by atoms with Crippen molar-refractivity contribution in [2.24, 2.45) is 5.73 Å². The summed E-state index contributed by atoms with van der Waals surface area (Å²) in [5.41, 5.74) is 7.26. The monoisotopic (exact) mass is 307 g/mol. The van der Waals surface area contributed by atoms with E-state index in [2.05, 4.69) is 4.90 Å². The number of hydrogen-bond acceptors (Lipinski definition) is 3. The van der Waals surface area contributed by atoms with Crippen LogP contribution in [0.4, 0.5) is 4.39 Å². The molecule has 2 aliphatic heterocycles. The van der Waals surface area contributed by atoms with E-state index in [1.165, 1.54) is 12.1 Å². The number of amides is 1. The average Bonchev–Trinajstić information content (AvgIpc) is 2.80. The van der Waals surface area contributed by atoms with Gasteiger partial charge in [-0.1, -0.05) is 12.2 Å². The van der Waals surface area contributed by atoms with E-state index in [1.807, 2.05) is 4.90 Å². The van der Waals surface area contributed by atoms with Gasteiger partial charge in [0.05, 0.1) is 0 Å². The summed E-state index contributed by atoms with van der Waals surface area (Å²) in [7, 11) is 0. The maximum Gasteiger partial charge on any atom is 0.222 e. The zero-order valence-electron chi connectivity index (χ0n) is 11.7. The van der Waals surface area contributed by atoms with Crippen LogP contribution in [0.3, 0.4) is 0 Å². The Morgan fingerprint density at radius 1 is 1.43 bits per heavy atom. The standard InChI is InChI=1S/C15H18FN3OS/c16-11-1-3-13(15(17)21)10(7-11)8-18-5-6-19-12(9-18)2-4-14(19)20/h1,3,7,12H,2,4-6,8-9H2,(H2,17,21). The summed E-state index contributed by atoms with van der Waals surface area (Å²) in [6, 6.07) is 4.82. The molecule has 2 fully saturated rings. The molecule has 0 aliphatic carbocycles. The lowest BCUT2D eigenvalue weighted by molar-refractivity contribution is -0.130. The van der Waals surface area contributed by atoms with Gasteiger partial charge in [-0.3, -0.25) is 9.69 Å². The van der Waals surface area contributed by atoms with E-state index in [0.717, 1.165) is 37.2 Å². The third-order valence-electron chi connectivity index (χ3n) is 4.31. The predicted octanol–water partition coefficient (Wildman–Crippen LogP) is 1.27. The molecule has 0 saturated carbocycles. The Labute approximate surface area is 128 Å². The highest BCUT2D eigenvalue weighted by Crippen LogP contribution is 2.24. The Balaban J connectivity index is 1.74. The molecule has 0 spiro atoms. The molecule has 3 rings (SSSR count). The van der Waals surface area contributed by atoms with Gasteiger partial charge in [0, 0.05) is 44.2 Å². The van der Waals surface area contributed by atoms with E-state index >= 15 is 0 Å². The van der Waals surface area contributed by atoms with Crippen LogP contribution in [-0.4, -0.2) is 46.4 Å². The Bertz CT molecular complexity index is 592. The summed E-state index contributed by atoms with van der Waals surface area (Å²) in [6.07, 6.45) is 1.57. The number of nitrogens with two attached hydrogens (primary N) is 1. The maximum absolute atomic E-state index is 13.5. The lowest BCUT2D eigenvalue weighted by Gasteiger charge is -2.37. The highest BCUT2D eigenvalue weighted by Gasteiger charge is 2.35. The maximum atomic E-state index is 13.5. The smallest absolute Gasteiger partial charge is 0.222 e. The molecule has 1 atom stereocenters. The summed E-state index contributed by atoms with van der Waals surface area (Å²) in [6.45, 7) is 3.00. The first-order chi connectivity index (χ1) is 10.0. The average molecular weight is 307 g/mol. The first-order valence-electron chi connectivity index (χ1n) is 7.14. The van der Waals surface area contributed by atoms with Gasteiger partial charge in [0.2, 0.25) is 5.91 Å². The summed E-state index contributed by atoms with van der Waals surface area (Å²) in [4.78, 5) is 16.2. The van der Waals surface area contributed by atoms with E-state index in [0.29, 0.717) is 24.0 Å². The fraction of sp³-hybridized carbons (Fsp3) is 0.467. The van der Waals surface area contributed by atoms with Crippen LogP contribution in [0.25, 0.3) is 0 Å². The highest BCUT2D eigenvalue weighted by molar-refractivity contribution is 7.80. The zero-order valence-corrected chi connectivity index (χ0v) is 12.5. The Morgan fingerprint density at radius 3 is 3.00 bits per heavy atom. The van der Waals surface area contributed by atoms with Crippen molar-refractivity contribution >= 4 is 23.1 Å². The molecule has 112 valence electrons. The number of carbonyl (C=O) groups excluding carboxylic acids is 1. The van der Waals surface area contributed by atoms with E-state index in [1.54, 1.807) is 6.07 Å². The topological polar surface area (TPSA) is 49.6 Å². The van der Waals surface area contributed by atoms with Crippen molar-refractivity contribution in [1.29, 1.82) is 0 Å². The van der Waals surface area contributed by atoms with Crippen molar-refractivity contribution in [2.45, 2.75) is 25.4 Å². The van der Waals surface area contributed by atoms with Crippen LogP contribution in [0.2, 0.25) is 0 Å². The molecule has 0 bridgehead atoms. The van der Waals surface area contributed by atoms with Crippen molar-refractivity contribution in [3.05, 3.63) is 35.1 Å². The lowest BCUT2D eigenvalue weighted by atomic mass is 10.1. The molecule has 2 heterocycles. The van der Waals surface area contributed by atoms with Gasteiger partial charge < -0.3 is 10.6 Å². The number of fused-ring (bicyclic) bond motifs is 1. The van der Waals surface area contributed by atoms with Crippen LogP contribution in [0, 0.1) is 5.82 Å². The van der Waals surface area contributed by atoms with Gasteiger partial charge >= 0.3 is 0 Å². The second-order valence-corrected chi connectivity index (χ2v) is 6.12. The van der Waals surface area contributed by atoms with E-state index < -0.39 is 0 Å². The highest BCUT2D eigenvalue weighted by atomic mass is 32.1. The van der Waals surface area contributed by atoms with Crippen LogP contribution >= 0.6 is 12.2 Å². The minimum atomic E-state index is -0.278. The zero-order chi connectivity index (χ0) is 15.0. The molecule has 2 aliphatic rings. The van der Waals surface area contributed by atoms with E-state index in [9.17, 15) is 9.18 Å². The van der Waals surface area contributed by atoms with Gasteiger partial charge in [-0.15, -0.1) is 0 Å². The minimum Gasteiger partial charge on any atom is -0.389 e. The van der Waals surface area contributed by atoms with Crippen molar-refractivity contribution in [1.82, 2.24) is 9.80 Å². The molecule has 6 heteroatoms. The lowest BCUT2D eigenvalue weighted by Crippen LogP contribution is -2.51. The normalized spacial score (nSPS) is 22.4. The largest absolute Gasteiger partial charge is 0.389 e. The van der Waals surface area contributed by atoms with Crippen LogP contribution in [0.1, 0.15) is 24.0 Å². The number of halogens is 1. The molecule has 2 N–H and O–H groups in total. The fourth-order valence-electron chi connectivity index (χ4n) is 3.25. The van der Waals surface area contributed by atoms with Crippen molar-refractivity contribution in [2.75, 3.05) is 19.6 Å². The second kappa shape index (κ2) is 5.69. The van der Waals surface area contributed by atoms with Crippen molar-refractivity contribution in [3.8, 4) is 0 Å². The third kappa shape index (κ3) is 2.91. The Morgan fingerprint density at radius 2 is 2.24 bits per heavy atom. The minimum absolute atomic E-state index is 0.259. The molecule has 21 heavy (non-hydrogen) atoms. The number of piperazine rings is 1. The van der Waals surface area contributed by atoms with Gasteiger partial charge in [0.25, 0.3) is 0 Å². The number of rotatable bonds is 3. The van der Waals surface area contributed by atoms with Gasteiger partial charge in [-0.2, -0.15) is 0 Å². The quantitative estimate of drug-likeness (QED) is 0.854. The third-order valence-corrected chi connectivity index (χ3v) is 4.53. The first kappa shape index (κ1) is 14.4. The van der Waals surface area contributed by atoms with Gasteiger partial charge in [0.1, 0.15) is 10.8 Å². The molecular weight excluding hydrogens is 289 g/mol. The van der Waals surface area contributed by atoms with E-state index in [4.69, 9.17) is 18.0 Å². The number of carbonyl (C=O) groups is 1. The summed E-state index contributed by atoms with van der Waals surface area (Å²) in [5.74, 6) is -0.0195.